The Labute approximate surface area is 168 Å². The second-order valence-electron chi connectivity index (χ2n) is 6.81. The van der Waals surface area contributed by atoms with Crippen LogP contribution >= 0.6 is 0 Å². The number of rotatable bonds is 6. The van der Waals surface area contributed by atoms with Crippen molar-refractivity contribution in [1.29, 1.82) is 0 Å². The highest BCUT2D eigenvalue weighted by Gasteiger charge is 2.37. The van der Waals surface area contributed by atoms with E-state index < -0.39 is 17.8 Å². The fraction of sp³-hybridized carbons (Fsp3) is 0.450. The first-order valence-corrected chi connectivity index (χ1v) is 9.58. The van der Waals surface area contributed by atoms with Crippen LogP contribution in [0.1, 0.15) is 40.5 Å². The highest BCUT2D eigenvalue weighted by molar-refractivity contribution is 6.22. The molecular formula is C20H23N3O6. The highest BCUT2D eigenvalue weighted by Crippen LogP contribution is 2.22. The average molecular weight is 401 g/mol. The fourth-order valence-corrected chi connectivity index (χ4v) is 3.42. The van der Waals surface area contributed by atoms with Gasteiger partial charge in [-0.2, -0.15) is 0 Å². The topological polar surface area (TPSA) is 104 Å². The average Bonchev–Trinajstić information content (AvgIpc) is 2.97. The van der Waals surface area contributed by atoms with E-state index in [1.54, 1.807) is 41.0 Å². The number of benzene rings is 1. The van der Waals surface area contributed by atoms with Gasteiger partial charge in [0, 0.05) is 32.6 Å². The third-order valence-corrected chi connectivity index (χ3v) is 5.00. The number of hydrogen-bond donors (Lipinski definition) is 0. The Morgan fingerprint density at radius 1 is 0.862 bits per heavy atom. The quantitative estimate of drug-likeness (QED) is 0.502. The summed E-state index contributed by atoms with van der Waals surface area (Å²) in [7, 11) is 0. The molecule has 9 nitrogen and oxygen atoms in total. The van der Waals surface area contributed by atoms with Crippen LogP contribution in [0.25, 0.3) is 0 Å². The summed E-state index contributed by atoms with van der Waals surface area (Å²) in [4.78, 5) is 65.0. The highest BCUT2D eigenvalue weighted by atomic mass is 16.5. The Kier molecular flexibility index (Phi) is 6.26. The molecule has 0 aliphatic carbocycles. The summed E-state index contributed by atoms with van der Waals surface area (Å²) in [6.45, 7) is 2.98. The molecule has 2 aliphatic rings. The standard InChI is InChI=1S/C20H23N3O6/c1-2-29-18(26)8-7-16(24)21-9-11-22(12-10-21)17(25)13-23-19(27)14-5-3-4-6-15(14)20(23)28/h3-6H,2,7-13H2,1H3. The maximum atomic E-state index is 12.6. The van der Waals surface area contributed by atoms with Crippen molar-refractivity contribution < 1.29 is 28.7 Å². The lowest BCUT2D eigenvalue weighted by molar-refractivity contribution is -0.146. The van der Waals surface area contributed by atoms with E-state index in [0.717, 1.165) is 4.90 Å². The molecule has 0 aromatic heterocycles. The molecular weight excluding hydrogens is 378 g/mol. The van der Waals surface area contributed by atoms with Crippen LogP contribution in [-0.2, 0) is 19.1 Å². The van der Waals surface area contributed by atoms with E-state index >= 15 is 0 Å². The van der Waals surface area contributed by atoms with Crippen molar-refractivity contribution in [3.05, 3.63) is 35.4 Å². The summed E-state index contributed by atoms with van der Waals surface area (Å²) in [5.74, 6) is -1.84. The third kappa shape index (κ3) is 4.44. The Balaban J connectivity index is 1.48. The lowest BCUT2D eigenvalue weighted by atomic mass is 10.1. The van der Waals surface area contributed by atoms with Crippen molar-refractivity contribution in [1.82, 2.24) is 14.7 Å². The maximum Gasteiger partial charge on any atom is 0.306 e. The van der Waals surface area contributed by atoms with Gasteiger partial charge in [0.05, 0.1) is 24.2 Å². The van der Waals surface area contributed by atoms with Crippen LogP contribution < -0.4 is 0 Å². The third-order valence-electron chi connectivity index (χ3n) is 5.00. The molecule has 2 aliphatic heterocycles. The minimum atomic E-state index is -0.466. The second-order valence-corrected chi connectivity index (χ2v) is 6.81. The van der Waals surface area contributed by atoms with Gasteiger partial charge >= 0.3 is 5.97 Å². The Morgan fingerprint density at radius 3 is 1.90 bits per heavy atom. The van der Waals surface area contributed by atoms with Gasteiger partial charge < -0.3 is 14.5 Å². The number of fused-ring (bicyclic) bond motifs is 1. The number of piperazine rings is 1. The van der Waals surface area contributed by atoms with Crippen LogP contribution in [0.15, 0.2) is 24.3 Å². The van der Waals surface area contributed by atoms with E-state index in [-0.39, 0.29) is 37.8 Å². The smallest absolute Gasteiger partial charge is 0.306 e. The molecule has 2 heterocycles. The number of imide groups is 1. The lowest BCUT2D eigenvalue weighted by Gasteiger charge is -2.35. The molecule has 0 saturated carbocycles. The van der Waals surface area contributed by atoms with E-state index in [2.05, 4.69) is 0 Å². The summed E-state index contributed by atoms with van der Waals surface area (Å²) in [6, 6.07) is 6.49. The minimum absolute atomic E-state index is 0.0333. The van der Waals surface area contributed by atoms with E-state index in [9.17, 15) is 24.0 Å². The van der Waals surface area contributed by atoms with Gasteiger partial charge in [-0.15, -0.1) is 0 Å². The molecule has 1 saturated heterocycles. The molecule has 29 heavy (non-hydrogen) atoms. The Morgan fingerprint density at radius 2 is 1.38 bits per heavy atom. The molecule has 1 fully saturated rings. The van der Waals surface area contributed by atoms with Crippen molar-refractivity contribution in [2.45, 2.75) is 19.8 Å². The van der Waals surface area contributed by atoms with Crippen molar-refractivity contribution >= 4 is 29.6 Å². The molecule has 3 rings (SSSR count). The van der Waals surface area contributed by atoms with E-state index in [0.29, 0.717) is 37.3 Å². The number of carbonyl (C=O) groups excluding carboxylic acids is 5. The van der Waals surface area contributed by atoms with Gasteiger partial charge in [0.2, 0.25) is 11.8 Å². The van der Waals surface area contributed by atoms with Gasteiger partial charge in [-0.1, -0.05) is 12.1 Å². The van der Waals surface area contributed by atoms with Crippen molar-refractivity contribution in [3.63, 3.8) is 0 Å². The van der Waals surface area contributed by atoms with Crippen LogP contribution in [0.4, 0.5) is 0 Å². The zero-order valence-corrected chi connectivity index (χ0v) is 16.3. The first kappa shape index (κ1) is 20.5. The molecule has 1 aromatic rings. The first-order valence-electron chi connectivity index (χ1n) is 9.58. The van der Waals surface area contributed by atoms with Crippen LogP contribution in [0.3, 0.4) is 0 Å². The summed E-state index contributed by atoms with van der Waals surface area (Å²) >= 11 is 0. The zero-order valence-electron chi connectivity index (χ0n) is 16.3. The molecule has 1 aromatic carbocycles. The van der Waals surface area contributed by atoms with Crippen molar-refractivity contribution in [2.24, 2.45) is 0 Å². The molecule has 9 heteroatoms. The largest absolute Gasteiger partial charge is 0.466 e. The van der Waals surface area contributed by atoms with E-state index in [1.165, 1.54) is 0 Å². The predicted octanol–water partition coefficient (Wildman–Crippen LogP) is 0.297. The number of nitrogens with zero attached hydrogens (tertiary/aromatic N) is 3. The van der Waals surface area contributed by atoms with E-state index in [1.807, 2.05) is 0 Å². The SMILES string of the molecule is CCOC(=O)CCC(=O)N1CCN(C(=O)CN2C(=O)c3ccccc3C2=O)CC1. The summed E-state index contributed by atoms with van der Waals surface area (Å²) in [6.07, 6.45) is 0.105. The predicted molar refractivity (Wildman–Crippen MR) is 101 cm³/mol. The van der Waals surface area contributed by atoms with Gasteiger partial charge in [0.25, 0.3) is 11.8 Å². The zero-order chi connectivity index (χ0) is 21.0. The van der Waals surface area contributed by atoms with Crippen molar-refractivity contribution in [2.75, 3.05) is 39.3 Å². The second kappa shape index (κ2) is 8.85. The molecule has 4 amide bonds. The summed E-state index contributed by atoms with van der Waals surface area (Å²) in [5, 5.41) is 0. The number of hydrogen-bond acceptors (Lipinski definition) is 6. The van der Waals surface area contributed by atoms with Crippen LogP contribution in [0, 0.1) is 0 Å². The van der Waals surface area contributed by atoms with E-state index in [4.69, 9.17) is 4.74 Å². The molecule has 0 N–H and O–H groups in total. The maximum absolute atomic E-state index is 12.6. The molecule has 154 valence electrons. The minimum Gasteiger partial charge on any atom is -0.466 e. The monoisotopic (exact) mass is 401 g/mol. The number of amides is 4. The number of ether oxygens (including phenoxy) is 1. The summed E-state index contributed by atoms with van der Waals surface area (Å²) < 4.78 is 4.81. The van der Waals surface area contributed by atoms with Gasteiger partial charge in [0.1, 0.15) is 6.54 Å². The number of esters is 1. The lowest BCUT2D eigenvalue weighted by Crippen LogP contribution is -2.53. The first-order chi connectivity index (χ1) is 13.9. The summed E-state index contributed by atoms with van der Waals surface area (Å²) in [5.41, 5.74) is 0.615. The molecule has 0 atom stereocenters. The van der Waals surface area contributed by atoms with Gasteiger partial charge in [-0.3, -0.25) is 28.9 Å². The van der Waals surface area contributed by atoms with Gasteiger partial charge in [-0.25, -0.2) is 0 Å². The molecule has 0 bridgehead atoms. The molecule has 0 unspecified atom stereocenters. The fourth-order valence-electron chi connectivity index (χ4n) is 3.42. The van der Waals surface area contributed by atoms with Crippen LogP contribution in [0.2, 0.25) is 0 Å². The van der Waals surface area contributed by atoms with Gasteiger partial charge in [-0.05, 0) is 19.1 Å². The van der Waals surface area contributed by atoms with Crippen molar-refractivity contribution in [3.8, 4) is 0 Å². The van der Waals surface area contributed by atoms with Crippen LogP contribution in [-0.4, -0.2) is 83.6 Å². The molecule has 0 radical (unpaired) electrons. The normalized spacial score (nSPS) is 16.1. The Bertz CT molecular complexity index is 809. The van der Waals surface area contributed by atoms with Gasteiger partial charge in [0.15, 0.2) is 0 Å². The Hall–Kier alpha value is -3.23. The van der Waals surface area contributed by atoms with Crippen LogP contribution in [0.5, 0.6) is 0 Å². The molecule has 0 spiro atoms. The number of carbonyl (C=O) groups is 5.